The smallest absolute Gasteiger partial charge is 0.318 e. The molecule has 0 heterocycles. The largest absolute Gasteiger partial charge is 0.481 e. The lowest BCUT2D eigenvalue weighted by molar-refractivity contribution is -0.137. The number of likely N-dealkylation sites (N-methyl/N-ethyl adjacent to an activating group) is 1. The maximum atomic E-state index is 11.9. The Hall–Kier alpha value is -1.79. The SMILES string of the molecule is CCN(C)C(=O)CNC(=O)N(CCC(=O)O)C(C)C. The van der Waals surface area contributed by atoms with Gasteiger partial charge in [0.2, 0.25) is 5.91 Å². The standard InChI is InChI=1S/C12H23N3O4/c1-5-14(4)10(16)8-13-12(19)15(9(2)3)7-6-11(17)18/h9H,5-8H2,1-4H3,(H,13,19)(H,17,18). The van der Waals surface area contributed by atoms with Crippen LogP contribution in [0.4, 0.5) is 4.79 Å². The number of aliphatic carboxylic acids is 1. The molecule has 0 bridgehead atoms. The highest BCUT2D eigenvalue weighted by atomic mass is 16.4. The molecule has 0 aliphatic carbocycles. The molecule has 0 saturated carbocycles. The molecular weight excluding hydrogens is 250 g/mol. The highest BCUT2D eigenvalue weighted by molar-refractivity contribution is 5.84. The van der Waals surface area contributed by atoms with Gasteiger partial charge in [0.25, 0.3) is 0 Å². The van der Waals surface area contributed by atoms with Crippen molar-refractivity contribution in [3.05, 3.63) is 0 Å². The first-order valence-electron chi connectivity index (χ1n) is 6.29. The Morgan fingerprint density at radius 3 is 2.26 bits per heavy atom. The van der Waals surface area contributed by atoms with E-state index in [0.717, 1.165) is 0 Å². The zero-order valence-electron chi connectivity index (χ0n) is 12.0. The molecule has 0 aromatic carbocycles. The van der Waals surface area contributed by atoms with Crippen LogP contribution in [0.2, 0.25) is 0 Å². The molecule has 3 amide bonds. The van der Waals surface area contributed by atoms with Crippen LogP contribution < -0.4 is 5.32 Å². The van der Waals surface area contributed by atoms with Gasteiger partial charge in [-0.1, -0.05) is 0 Å². The Bertz CT molecular complexity index is 331. The minimum atomic E-state index is -0.958. The van der Waals surface area contributed by atoms with E-state index >= 15 is 0 Å². The number of hydrogen-bond acceptors (Lipinski definition) is 3. The van der Waals surface area contributed by atoms with Crippen molar-refractivity contribution in [2.75, 3.05) is 26.7 Å². The van der Waals surface area contributed by atoms with Crippen LogP contribution in [0.25, 0.3) is 0 Å². The van der Waals surface area contributed by atoms with Gasteiger partial charge in [-0.3, -0.25) is 9.59 Å². The number of carboxylic acids is 1. The van der Waals surface area contributed by atoms with Crippen LogP contribution in [0, 0.1) is 0 Å². The Labute approximate surface area is 113 Å². The van der Waals surface area contributed by atoms with E-state index in [2.05, 4.69) is 5.32 Å². The van der Waals surface area contributed by atoms with Gasteiger partial charge in [-0.25, -0.2) is 4.79 Å². The fourth-order valence-electron chi connectivity index (χ4n) is 1.37. The van der Waals surface area contributed by atoms with Gasteiger partial charge in [-0.2, -0.15) is 0 Å². The minimum Gasteiger partial charge on any atom is -0.481 e. The van der Waals surface area contributed by atoms with E-state index in [4.69, 9.17) is 5.11 Å². The summed E-state index contributed by atoms with van der Waals surface area (Å²) in [5.74, 6) is -1.14. The Morgan fingerprint density at radius 1 is 1.26 bits per heavy atom. The Morgan fingerprint density at radius 2 is 1.84 bits per heavy atom. The quantitative estimate of drug-likeness (QED) is 0.700. The van der Waals surface area contributed by atoms with Crippen molar-refractivity contribution in [3.63, 3.8) is 0 Å². The summed E-state index contributed by atoms with van der Waals surface area (Å²) in [4.78, 5) is 36.8. The van der Waals surface area contributed by atoms with Crippen molar-refractivity contribution in [2.24, 2.45) is 0 Å². The molecule has 110 valence electrons. The van der Waals surface area contributed by atoms with Crippen LogP contribution in [0.15, 0.2) is 0 Å². The van der Waals surface area contributed by atoms with Crippen molar-refractivity contribution in [3.8, 4) is 0 Å². The van der Waals surface area contributed by atoms with Gasteiger partial charge in [0.15, 0.2) is 0 Å². The number of rotatable bonds is 7. The van der Waals surface area contributed by atoms with E-state index in [1.54, 1.807) is 20.9 Å². The third-order valence-corrected chi connectivity index (χ3v) is 2.74. The molecule has 0 aliphatic rings. The van der Waals surface area contributed by atoms with Gasteiger partial charge >= 0.3 is 12.0 Å². The third kappa shape index (κ3) is 6.64. The van der Waals surface area contributed by atoms with E-state index in [1.807, 2.05) is 6.92 Å². The molecule has 0 fully saturated rings. The van der Waals surface area contributed by atoms with Gasteiger partial charge < -0.3 is 20.2 Å². The van der Waals surface area contributed by atoms with Crippen LogP contribution in [0.5, 0.6) is 0 Å². The fourth-order valence-corrected chi connectivity index (χ4v) is 1.37. The molecule has 2 N–H and O–H groups in total. The maximum absolute atomic E-state index is 11.9. The van der Waals surface area contributed by atoms with Crippen LogP contribution >= 0.6 is 0 Å². The number of carbonyl (C=O) groups is 3. The molecule has 0 rings (SSSR count). The summed E-state index contributed by atoms with van der Waals surface area (Å²) in [6.07, 6.45) is -0.117. The van der Waals surface area contributed by atoms with E-state index in [-0.39, 0.29) is 31.5 Å². The second-order valence-corrected chi connectivity index (χ2v) is 4.50. The first-order valence-corrected chi connectivity index (χ1v) is 6.29. The molecule has 0 saturated heterocycles. The first kappa shape index (κ1) is 17.2. The summed E-state index contributed by atoms with van der Waals surface area (Å²) in [5, 5.41) is 11.1. The van der Waals surface area contributed by atoms with Gasteiger partial charge in [0.1, 0.15) is 0 Å². The van der Waals surface area contributed by atoms with Crippen LogP contribution in [0.3, 0.4) is 0 Å². The number of hydrogen-bond donors (Lipinski definition) is 2. The van der Waals surface area contributed by atoms with E-state index in [1.165, 1.54) is 9.80 Å². The monoisotopic (exact) mass is 273 g/mol. The average molecular weight is 273 g/mol. The number of carbonyl (C=O) groups excluding carboxylic acids is 2. The van der Waals surface area contributed by atoms with Crippen molar-refractivity contribution in [2.45, 2.75) is 33.2 Å². The Balaban J connectivity index is 4.33. The van der Waals surface area contributed by atoms with Crippen LogP contribution in [-0.2, 0) is 9.59 Å². The van der Waals surface area contributed by atoms with Gasteiger partial charge in [-0.05, 0) is 20.8 Å². The summed E-state index contributed by atoms with van der Waals surface area (Å²) in [6.45, 7) is 6.04. The molecule has 0 radical (unpaired) electrons. The van der Waals surface area contributed by atoms with Crippen LogP contribution in [0.1, 0.15) is 27.2 Å². The lowest BCUT2D eigenvalue weighted by Gasteiger charge is -2.26. The molecule has 0 aromatic heterocycles. The number of carboxylic acid groups (broad SMARTS) is 1. The summed E-state index contributed by atoms with van der Waals surface area (Å²) in [7, 11) is 1.65. The van der Waals surface area contributed by atoms with Gasteiger partial charge in [0, 0.05) is 26.2 Å². The zero-order valence-corrected chi connectivity index (χ0v) is 12.0. The summed E-state index contributed by atoms with van der Waals surface area (Å²) >= 11 is 0. The molecule has 0 aliphatic heterocycles. The highest BCUT2D eigenvalue weighted by Gasteiger charge is 2.18. The second kappa shape index (κ2) is 8.34. The molecule has 0 spiro atoms. The lowest BCUT2D eigenvalue weighted by Crippen LogP contribution is -2.48. The first-order chi connectivity index (χ1) is 8.79. The molecular formula is C12H23N3O4. The molecule has 19 heavy (non-hydrogen) atoms. The third-order valence-electron chi connectivity index (χ3n) is 2.74. The van der Waals surface area contributed by atoms with E-state index in [9.17, 15) is 14.4 Å². The number of nitrogens with zero attached hydrogens (tertiary/aromatic N) is 2. The minimum absolute atomic E-state index is 0.0839. The number of amides is 3. The normalized spacial score (nSPS) is 10.2. The van der Waals surface area contributed by atoms with Crippen molar-refractivity contribution < 1.29 is 19.5 Å². The van der Waals surface area contributed by atoms with E-state index < -0.39 is 12.0 Å². The molecule has 7 heteroatoms. The zero-order chi connectivity index (χ0) is 15.0. The molecule has 0 unspecified atom stereocenters. The average Bonchev–Trinajstić information content (AvgIpc) is 2.34. The predicted molar refractivity (Wildman–Crippen MR) is 70.8 cm³/mol. The van der Waals surface area contributed by atoms with E-state index in [0.29, 0.717) is 6.54 Å². The lowest BCUT2D eigenvalue weighted by atomic mass is 10.3. The topological polar surface area (TPSA) is 90.0 Å². The maximum Gasteiger partial charge on any atom is 0.318 e. The molecule has 0 aromatic rings. The summed E-state index contributed by atoms with van der Waals surface area (Å²) < 4.78 is 0. The van der Waals surface area contributed by atoms with Gasteiger partial charge in [0.05, 0.1) is 13.0 Å². The molecule has 7 nitrogen and oxygen atoms in total. The van der Waals surface area contributed by atoms with Crippen molar-refractivity contribution >= 4 is 17.9 Å². The second-order valence-electron chi connectivity index (χ2n) is 4.50. The summed E-state index contributed by atoms with van der Waals surface area (Å²) in [6, 6.07) is -0.549. The summed E-state index contributed by atoms with van der Waals surface area (Å²) in [5.41, 5.74) is 0. The van der Waals surface area contributed by atoms with Crippen molar-refractivity contribution in [1.82, 2.24) is 15.1 Å². The van der Waals surface area contributed by atoms with Crippen molar-refractivity contribution in [1.29, 1.82) is 0 Å². The number of nitrogens with one attached hydrogen (secondary N) is 1. The van der Waals surface area contributed by atoms with Crippen LogP contribution in [-0.4, -0.2) is 65.5 Å². The molecule has 0 atom stereocenters. The highest BCUT2D eigenvalue weighted by Crippen LogP contribution is 2.00. The Kier molecular flexibility index (Phi) is 7.55. The van der Waals surface area contributed by atoms with Gasteiger partial charge in [-0.15, -0.1) is 0 Å². The number of urea groups is 1. The predicted octanol–water partition coefficient (Wildman–Crippen LogP) is 0.359. The fraction of sp³-hybridized carbons (Fsp3) is 0.750.